The van der Waals surface area contributed by atoms with Gasteiger partial charge < -0.3 is 4.90 Å². The molecule has 0 N–H and O–H groups in total. The molecule has 7 heteroatoms. The van der Waals surface area contributed by atoms with E-state index >= 15 is 0 Å². The fraction of sp³-hybridized carbons (Fsp3) is 0.348. The predicted octanol–water partition coefficient (Wildman–Crippen LogP) is 5.63. The van der Waals surface area contributed by atoms with Crippen LogP contribution in [0.25, 0.3) is 0 Å². The summed E-state index contributed by atoms with van der Waals surface area (Å²) in [6.45, 7) is 5.92. The lowest BCUT2D eigenvalue weighted by Crippen LogP contribution is -2.37. The van der Waals surface area contributed by atoms with Gasteiger partial charge in [-0.1, -0.05) is 97.2 Å². The molecule has 0 saturated heterocycles. The lowest BCUT2D eigenvalue weighted by atomic mass is 10.00. The summed E-state index contributed by atoms with van der Waals surface area (Å²) in [4.78, 5) is 14.6. The first-order valence-electron chi connectivity index (χ1n) is 10.1. The second-order valence-electron chi connectivity index (χ2n) is 7.64. The molecule has 1 aromatic heterocycles. The zero-order valence-corrected chi connectivity index (χ0v) is 19.7. The van der Waals surface area contributed by atoms with E-state index in [0.29, 0.717) is 18.2 Å². The summed E-state index contributed by atoms with van der Waals surface area (Å²) >= 11 is 4.76. The fourth-order valence-electron chi connectivity index (χ4n) is 3.38. The highest BCUT2D eigenvalue weighted by molar-refractivity contribution is 8.03. The van der Waals surface area contributed by atoms with Crippen LogP contribution in [0.5, 0.6) is 0 Å². The quantitative estimate of drug-likeness (QED) is 0.432. The van der Waals surface area contributed by atoms with Crippen molar-refractivity contribution in [1.29, 1.82) is 0 Å². The molecule has 0 fully saturated rings. The molecule has 156 valence electrons. The molecule has 1 aliphatic rings. The zero-order chi connectivity index (χ0) is 20.9. The Bertz CT molecular complexity index is 1000. The van der Waals surface area contributed by atoms with Crippen molar-refractivity contribution in [2.75, 3.05) is 12.3 Å². The molecular weight excluding hydrogens is 430 g/mol. The number of benzene rings is 2. The van der Waals surface area contributed by atoms with E-state index in [1.165, 1.54) is 34.0 Å². The van der Waals surface area contributed by atoms with Gasteiger partial charge >= 0.3 is 0 Å². The number of hydrogen-bond acceptors (Lipinski definition) is 6. The van der Waals surface area contributed by atoms with Gasteiger partial charge in [-0.2, -0.15) is 0 Å². The molecule has 0 spiro atoms. The minimum atomic E-state index is 0.171. The molecule has 2 aromatic carbocycles. The third kappa shape index (κ3) is 5.45. The average molecular weight is 456 g/mol. The maximum atomic E-state index is 12.6. The number of rotatable bonds is 7. The number of nitrogens with zero attached hydrogens (tertiary/aromatic N) is 3. The van der Waals surface area contributed by atoms with Gasteiger partial charge in [-0.3, -0.25) is 4.79 Å². The second-order valence-corrected chi connectivity index (χ2v) is 11.1. The fourth-order valence-corrected chi connectivity index (χ4v) is 6.26. The van der Waals surface area contributed by atoms with Crippen LogP contribution in [0, 0.1) is 0 Å². The van der Waals surface area contributed by atoms with Crippen molar-refractivity contribution in [3.63, 3.8) is 0 Å². The summed E-state index contributed by atoms with van der Waals surface area (Å²) in [6, 6.07) is 17.2. The van der Waals surface area contributed by atoms with Gasteiger partial charge in [0.05, 0.1) is 5.75 Å². The summed E-state index contributed by atoms with van der Waals surface area (Å²) in [5, 5.41) is 8.54. The van der Waals surface area contributed by atoms with E-state index in [1.807, 2.05) is 11.0 Å². The van der Waals surface area contributed by atoms with Crippen molar-refractivity contribution >= 4 is 40.8 Å². The molecule has 0 radical (unpaired) electrons. The van der Waals surface area contributed by atoms with Crippen LogP contribution in [0.1, 0.15) is 42.0 Å². The summed E-state index contributed by atoms with van der Waals surface area (Å²) in [5.41, 5.74) is 5.27. The normalized spacial score (nSPS) is 13.5. The molecule has 1 amide bonds. The molecule has 0 saturated carbocycles. The Morgan fingerprint density at radius 1 is 1.03 bits per heavy atom. The number of thioether (sulfide) groups is 2. The van der Waals surface area contributed by atoms with Crippen LogP contribution in [-0.2, 0) is 23.5 Å². The first kappa shape index (κ1) is 21.4. The SMILES string of the molecule is CC(C)c1ccc(CSc2nnc(SCC(=O)N3CCc4ccccc4C3)s2)cc1. The molecule has 0 bridgehead atoms. The maximum Gasteiger partial charge on any atom is 0.233 e. The lowest BCUT2D eigenvalue weighted by molar-refractivity contribution is -0.129. The van der Waals surface area contributed by atoms with E-state index in [0.717, 1.165) is 27.4 Å². The predicted molar refractivity (Wildman–Crippen MR) is 126 cm³/mol. The van der Waals surface area contributed by atoms with Gasteiger partial charge in [-0.15, -0.1) is 10.2 Å². The standard InChI is InChI=1S/C23H25N3OS3/c1-16(2)18-9-7-17(8-10-18)14-28-22-24-25-23(30-22)29-15-21(27)26-12-11-19-5-3-4-6-20(19)13-26/h3-10,16H,11-15H2,1-2H3. The highest BCUT2D eigenvalue weighted by Crippen LogP contribution is 2.31. The minimum Gasteiger partial charge on any atom is -0.337 e. The summed E-state index contributed by atoms with van der Waals surface area (Å²) < 4.78 is 1.81. The van der Waals surface area contributed by atoms with E-state index in [2.05, 4.69) is 66.5 Å². The van der Waals surface area contributed by atoms with Crippen molar-refractivity contribution in [3.8, 4) is 0 Å². The molecule has 4 rings (SSSR count). The van der Waals surface area contributed by atoms with E-state index < -0.39 is 0 Å². The van der Waals surface area contributed by atoms with Crippen LogP contribution >= 0.6 is 34.9 Å². The van der Waals surface area contributed by atoms with Gasteiger partial charge in [-0.25, -0.2) is 0 Å². The number of hydrogen-bond donors (Lipinski definition) is 0. The third-order valence-electron chi connectivity index (χ3n) is 5.20. The van der Waals surface area contributed by atoms with Crippen molar-refractivity contribution in [2.24, 2.45) is 0 Å². The highest BCUT2D eigenvalue weighted by atomic mass is 32.2. The zero-order valence-electron chi connectivity index (χ0n) is 17.2. The van der Waals surface area contributed by atoms with E-state index in [9.17, 15) is 4.79 Å². The van der Waals surface area contributed by atoms with Crippen molar-refractivity contribution in [2.45, 2.75) is 47.2 Å². The van der Waals surface area contributed by atoms with Crippen LogP contribution in [0.15, 0.2) is 57.2 Å². The molecular formula is C23H25N3OS3. The van der Waals surface area contributed by atoms with Gasteiger partial charge in [0.15, 0.2) is 8.68 Å². The van der Waals surface area contributed by atoms with Crippen LogP contribution in [0.4, 0.5) is 0 Å². The molecule has 0 aliphatic carbocycles. The second kappa shape index (κ2) is 9.98. The monoisotopic (exact) mass is 455 g/mol. The number of amides is 1. The Labute approximate surface area is 190 Å². The maximum absolute atomic E-state index is 12.6. The first-order chi connectivity index (χ1) is 14.6. The summed E-state index contributed by atoms with van der Waals surface area (Å²) in [7, 11) is 0. The molecule has 3 aromatic rings. The number of carbonyl (C=O) groups excluding carboxylic acids is 1. The van der Waals surface area contributed by atoms with Gasteiger partial charge in [0.25, 0.3) is 0 Å². The van der Waals surface area contributed by atoms with Crippen molar-refractivity contribution in [1.82, 2.24) is 15.1 Å². The molecule has 30 heavy (non-hydrogen) atoms. The van der Waals surface area contributed by atoms with Crippen LogP contribution in [0.2, 0.25) is 0 Å². The van der Waals surface area contributed by atoms with E-state index in [4.69, 9.17) is 0 Å². The largest absolute Gasteiger partial charge is 0.337 e. The Kier molecular flexibility index (Phi) is 7.12. The highest BCUT2D eigenvalue weighted by Gasteiger charge is 2.20. The van der Waals surface area contributed by atoms with E-state index in [-0.39, 0.29) is 5.91 Å². The number of aromatic nitrogens is 2. The average Bonchev–Trinajstić information content (AvgIpc) is 3.24. The summed E-state index contributed by atoms with van der Waals surface area (Å²) in [5.74, 6) is 2.02. The molecule has 2 heterocycles. The smallest absolute Gasteiger partial charge is 0.233 e. The van der Waals surface area contributed by atoms with Crippen LogP contribution in [0.3, 0.4) is 0 Å². The topological polar surface area (TPSA) is 46.1 Å². The molecule has 0 unspecified atom stereocenters. The lowest BCUT2D eigenvalue weighted by Gasteiger charge is -2.28. The van der Waals surface area contributed by atoms with Gasteiger partial charge in [0.2, 0.25) is 5.91 Å². The Hall–Kier alpha value is -1.83. The molecule has 0 atom stereocenters. The Morgan fingerprint density at radius 2 is 1.73 bits per heavy atom. The Morgan fingerprint density at radius 3 is 2.47 bits per heavy atom. The van der Waals surface area contributed by atoms with Crippen LogP contribution in [-0.4, -0.2) is 33.3 Å². The van der Waals surface area contributed by atoms with Crippen molar-refractivity contribution in [3.05, 3.63) is 70.8 Å². The Balaban J connectivity index is 1.25. The van der Waals surface area contributed by atoms with Gasteiger partial charge in [-0.05, 0) is 34.6 Å². The minimum absolute atomic E-state index is 0.171. The van der Waals surface area contributed by atoms with E-state index in [1.54, 1.807) is 23.1 Å². The van der Waals surface area contributed by atoms with Crippen LogP contribution < -0.4 is 0 Å². The molecule has 1 aliphatic heterocycles. The number of fused-ring (bicyclic) bond motifs is 1. The molecule has 4 nitrogen and oxygen atoms in total. The third-order valence-corrected chi connectivity index (χ3v) is 8.44. The van der Waals surface area contributed by atoms with Crippen molar-refractivity contribution < 1.29 is 4.79 Å². The summed E-state index contributed by atoms with van der Waals surface area (Å²) in [6.07, 6.45) is 0.935. The first-order valence-corrected chi connectivity index (χ1v) is 12.9. The van der Waals surface area contributed by atoms with Gasteiger partial charge in [0, 0.05) is 18.8 Å². The number of carbonyl (C=O) groups is 1. The van der Waals surface area contributed by atoms with Gasteiger partial charge in [0.1, 0.15) is 0 Å².